The van der Waals surface area contributed by atoms with Crippen LogP contribution in [-0.2, 0) is 9.53 Å². The van der Waals surface area contributed by atoms with Gasteiger partial charge in [0, 0.05) is 17.0 Å². The Morgan fingerprint density at radius 3 is 2.13 bits per heavy atom. The van der Waals surface area contributed by atoms with Gasteiger partial charge >= 0.3 is 5.97 Å². The van der Waals surface area contributed by atoms with Crippen molar-refractivity contribution in [3.63, 3.8) is 0 Å². The van der Waals surface area contributed by atoms with Crippen LogP contribution < -0.4 is 5.32 Å². The van der Waals surface area contributed by atoms with Gasteiger partial charge in [-0.05, 0) is 71.2 Å². The van der Waals surface area contributed by atoms with Crippen molar-refractivity contribution >= 4 is 18.0 Å². The first-order valence-corrected chi connectivity index (χ1v) is 7.64. The van der Waals surface area contributed by atoms with Crippen LogP contribution >= 0.6 is 0 Å². The predicted octanol–water partition coefficient (Wildman–Crippen LogP) is 3.39. The van der Waals surface area contributed by atoms with Gasteiger partial charge in [0.1, 0.15) is 11.3 Å². The number of ether oxygens (including phenoxy) is 1. The highest BCUT2D eigenvalue weighted by molar-refractivity contribution is 6.00. The number of carbonyl (C=O) groups is 2. The lowest BCUT2D eigenvalue weighted by molar-refractivity contribution is -0.116. The third kappa shape index (κ3) is 3.38. The van der Waals surface area contributed by atoms with Crippen molar-refractivity contribution in [2.75, 3.05) is 0 Å². The number of carbonyl (C=O) groups excluding carboxylic acids is 2. The van der Waals surface area contributed by atoms with E-state index in [1.165, 1.54) is 0 Å². The van der Waals surface area contributed by atoms with Crippen LogP contribution in [0.25, 0.3) is 6.08 Å². The molecule has 0 atom stereocenters. The van der Waals surface area contributed by atoms with E-state index in [4.69, 9.17) is 4.74 Å². The lowest BCUT2D eigenvalue weighted by atomic mass is 10.1. The number of rotatable bonds is 2. The smallest absolute Gasteiger partial charge is 0.355 e. The summed E-state index contributed by atoms with van der Waals surface area (Å²) < 4.78 is 5.43. The quantitative estimate of drug-likeness (QED) is 0.822. The fourth-order valence-electron chi connectivity index (χ4n) is 2.36. The monoisotopic (exact) mass is 316 g/mol. The second-order valence-electron chi connectivity index (χ2n) is 6.93. The molecule has 1 aliphatic heterocycles. The number of aromatic amines is 1. The first-order chi connectivity index (χ1) is 10.5. The van der Waals surface area contributed by atoms with Gasteiger partial charge in [0.15, 0.2) is 0 Å². The molecule has 0 radical (unpaired) electrons. The van der Waals surface area contributed by atoms with Gasteiger partial charge in [0.2, 0.25) is 0 Å². The number of nitrogens with one attached hydrogen (secondary N) is 2. The Bertz CT molecular complexity index is 743. The van der Waals surface area contributed by atoms with Crippen LogP contribution in [0.3, 0.4) is 0 Å². The minimum absolute atomic E-state index is 0.0814. The van der Waals surface area contributed by atoms with Crippen molar-refractivity contribution in [2.24, 2.45) is 0 Å². The van der Waals surface area contributed by atoms with Crippen molar-refractivity contribution in [1.29, 1.82) is 0 Å². The summed E-state index contributed by atoms with van der Waals surface area (Å²) >= 11 is 0. The van der Waals surface area contributed by atoms with E-state index in [-0.39, 0.29) is 11.9 Å². The summed E-state index contributed by atoms with van der Waals surface area (Å²) in [4.78, 5) is 27.1. The molecule has 0 unspecified atom stereocenters. The molecule has 1 aromatic heterocycles. The Labute approximate surface area is 136 Å². The number of allylic oxidation sites excluding steroid dienone is 1. The molecule has 23 heavy (non-hydrogen) atoms. The van der Waals surface area contributed by atoms with Crippen LogP contribution in [0.4, 0.5) is 0 Å². The zero-order chi connectivity index (χ0) is 17.5. The summed E-state index contributed by atoms with van der Waals surface area (Å²) in [6, 6.07) is 0. The number of aromatic nitrogens is 1. The Hall–Kier alpha value is -2.30. The van der Waals surface area contributed by atoms with E-state index in [2.05, 4.69) is 10.3 Å². The summed E-state index contributed by atoms with van der Waals surface area (Å²) in [5.41, 5.74) is 4.91. The molecule has 0 spiro atoms. The highest BCUT2D eigenvalue weighted by atomic mass is 16.6. The van der Waals surface area contributed by atoms with Gasteiger partial charge in [-0.25, -0.2) is 4.79 Å². The van der Waals surface area contributed by atoms with Gasteiger partial charge in [-0.15, -0.1) is 0 Å². The summed E-state index contributed by atoms with van der Waals surface area (Å²) in [6.45, 7) is 13.0. The topological polar surface area (TPSA) is 71.2 Å². The average Bonchev–Trinajstić information content (AvgIpc) is 2.83. The van der Waals surface area contributed by atoms with Gasteiger partial charge in [0.25, 0.3) is 5.91 Å². The predicted molar refractivity (Wildman–Crippen MR) is 89.9 cm³/mol. The summed E-state index contributed by atoms with van der Waals surface area (Å²) in [6.07, 6.45) is 1.86. The minimum Gasteiger partial charge on any atom is -0.455 e. The Balaban J connectivity index is 2.39. The number of esters is 1. The molecule has 1 aromatic rings. The van der Waals surface area contributed by atoms with Gasteiger partial charge in [-0.2, -0.15) is 0 Å². The van der Waals surface area contributed by atoms with Crippen LogP contribution in [0.15, 0.2) is 16.8 Å². The van der Waals surface area contributed by atoms with Gasteiger partial charge < -0.3 is 15.0 Å². The minimum atomic E-state index is -0.545. The molecule has 1 amide bonds. The van der Waals surface area contributed by atoms with Crippen molar-refractivity contribution < 1.29 is 14.3 Å². The third-order valence-electron chi connectivity index (χ3n) is 4.05. The van der Waals surface area contributed by atoms with E-state index in [1.54, 1.807) is 6.92 Å². The molecule has 5 heteroatoms. The highest BCUT2D eigenvalue weighted by Crippen LogP contribution is 2.26. The van der Waals surface area contributed by atoms with E-state index in [1.807, 2.05) is 47.6 Å². The average molecular weight is 316 g/mol. The molecule has 0 aliphatic carbocycles. The number of hydrogen-bond acceptors (Lipinski definition) is 3. The highest BCUT2D eigenvalue weighted by Gasteiger charge is 2.24. The Morgan fingerprint density at radius 1 is 1.04 bits per heavy atom. The molecule has 124 valence electrons. The SMILES string of the molecule is CC1=C(C)/C(=C/c2[nH]c(C(=O)OC(C)(C)C)c(C)c2C)NC1=O. The van der Waals surface area contributed by atoms with E-state index < -0.39 is 5.60 Å². The summed E-state index contributed by atoms with van der Waals surface area (Å²) in [5, 5.41) is 2.84. The summed E-state index contributed by atoms with van der Waals surface area (Å²) in [5.74, 6) is -0.455. The largest absolute Gasteiger partial charge is 0.455 e. The maximum Gasteiger partial charge on any atom is 0.355 e. The summed E-state index contributed by atoms with van der Waals surface area (Å²) in [7, 11) is 0. The fraction of sp³-hybridized carbons (Fsp3) is 0.444. The van der Waals surface area contributed by atoms with E-state index in [9.17, 15) is 9.59 Å². The zero-order valence-corrected chi connectivity index (χ0v) is 14.8. The lowest BCUT2D eigenvalue weighted by Crippen LogP contribution is -2.24. The third-order valence-corrected chi connectivity index (χ3v) is 4.05. The number of H-pyrrole nitrogens is 1. The van der Waals surface area contributed by atoms with Crippen LogP contribution in [0.1, 0.15) is 61.9 Å². The second kappa shape index (κ2) is 5.72. The van der Waals surface area contributed by atoms with Crippen molar-refractivity contribution in [3.05, 3.63) is 39.4 Å². The lowest BCUT2D eigenvalue weighted by Gasteiger charge is -2.19. The molecule has 0 saturated carbocycles. The zero-order valence-electron chi connectivity index (χ0n) is 14.8. The maximum absolute atomic E-state index is 12.3. The standard InChI is InChI=1S/C18H24N2O3/c1-9-11(3)15(17(22)23-18(5,6)7)19-13(9)8-14-10(2)12(4)16(21)20-14/h8,19H,1-7H3,(H,20,21)/b14-8-. The molecule has 2 N–H and O–H groups in total. The van der Waals surface area contributed by atoms with Crippen LogP contribution in [-0.4, -0.2) is 22.5 Å². The fourth-order valence-corrected chi connectivity index (χ4v) is 2.36. The van der Waals surface area contributed by atoms with E-state index in [0.29, 0.717) is 11.3 Å². The molecular weight excluding hydrogens is 292 g/mol. The maximum atomic E-state index is 12.3. The molecule has 1 aliphatic rings. The Kier molecular flexibility index (Phi) is 4.24. The molecule has 0 aromatic carbocycles. The van der Waals surface area contributed by atoms with Crippen LogP contribution in [0.2, 0.25) is 0 Å². The molecule has 2 rings (SSSR count). The molecule has 0 bridgehead atoms. The molecule has 0 fully saturated rings. The van der Waals surface area contributed by atoms with Crippen molar-refractivity contribution in [1.82, 2.24) is 10.3 Å². The second-order valence-corrected chi connectivity index (χ2v) is 6.93. The van der Waals surface area contributed by atoms with E-state index in [0.717, 1.165) is 28.1 Å². The van der Waals surface area contributed by atoms with Gasteiger partial charge in [0.05, 0.1) is 0 Å². The normalized spacial score (nSPS) is 17.0. The molecule has 2 heterocycles. The first kappa shape index (κ1) is 17.1. The van der Waals surface area contributed by atoms with Gasteiger partial charge in [-0.1, -0.05) is 0 Å². The molecular formula is C18H24N2O3. The van der Waals surface area contributed by atoms with Crippen LogP contribution in [0, 0.1) is 13.8 Å². The Morgan fingerprint density at radius 2 is 1.65 bits per heavy atom. The van der Waals surface area contributed by atoms with Crippen molar-refractivity contribution in [2.45, 2.75) is 54.1 Å². The number of hydrogen-bond donors (Lipinski definition) is 2. The van der Waals surface area contributed by atoms with Gasteiger partial charge in [-0.3, -0.25) is 4.79 Å². The first-order valence-electron chi connectivity index (χ1n) is 7.64. The molecule has 5 nitrogen and oxygen atoms in total. The number of amides is 1. The van der Waals surface area contributed by atoms with Crippen LogP contribution in [0.5, 0.6) is 0 Å². The van der Waals surface area contributed by atoms with Crippen molar-refractivity contribution in [3.8, 4) is 0 Å². The molecule has 0 saturated heterocycles. The van der Waals surface area contributed by atoms with E-state index >= 15 is 0 Å².